The molecular formula is C11H13FO2. The van der Waals surface area contributed by atoms with Crippen molar-refractivity contribution in [1.82, 2.24) is 0 Å². The van der Waals surface area contributed by atoms with Crippen molar-refractivity contribution in [3.63, 3.8) is 0 Å². The molecule has 3 heteroatoms. The Labute approximate surface area is 82.6 Å². The van der Waals surface area contributed by atoms with Gasteiger partial charge in [0, 0.05) is 12.7 Å². The van der Waals surface area contributed by atoms with Gasteiger partial charge >= 0.3 is 0 Å². The molecule has 0 radical (unpaired) electrons. The topological polar surface area (TPSA) is 29.5 Å². The molecule has 14 heavy (non-hydrogen) atoms. The van der Waals surface area contributed by atoms with Crippen LogP contribution in [0.25, 0.3) is 6.08 Å². The highest BCUT2D eigenvalue weighted by Crippen LogP contribution is 2.16. The number of aliphatic hydroxyl groups excluding tert-OH is 1. The third kappa shape index (κ3) is 3.18. The molecule has 1 rings (SSSR count). The normalized spacial score (nSPS) is 10.8. The molecule has 0 saturated carbocycles. The van der Waals surface area contributed by atoms with Gasteiger partial charge in [-0.3, -0.25) is 0 Å². The first-order chi connectivity index (χ1) is 6.76. The molecule has 0 aliphatic carbocycles. The minimum Gasteiger partial charge on any atom is -0.497 e. The predicted molar refractivity (Wildman–Crippen MR) is 53.7 cm³/mol. The van der Waals surface area contributed by atoms with Gasteiger partial charge in [0.2, 0.25) is 0 Å². The summed E-state index contributed by atoms with van der Waals surface area (Å²) in [5.41, 5.74) is 0.732. The van der Waals surface area contributed by atoms with E-state index in [2.05, 4.69) is 0 Å². The van der Waals surface area contributed by atoms with Gasteiger partial charge in [-0.15, -0.1) is 0 Å². The van der Waals surface area contributed by atoms with Gasteiger partial charge in [-0.2, -0.15) is 0 Å². The lowest BCUT2D eigenvalue weighted by Gasteiger charge is -2.01. The minimum atomic E-state index is -0.326. The molecule has 0 heterocycles. The Balaban J connectivity index is 2.81. The maximum absolute atomic E-state index is 13.0. The number of halogens is 1. The van der Waals surface area contributed by atoms with E-state index in [0.29, 0.717) is 12.2 Å². The fourth-order valence-electron chi connectivity index (χ4n) is 1.09. The minimum absolute atomic E-state index is 0.100. The molecule has 0 amide bonds. The first-order valence-corrected chi connectivity index (χ1v) is 4.38. The zero-order chi connectivity index (χ0) is 10.4. The zero-order valence-corrected chi connectivity index (χ0v) is 8.03. The van der Waals surface area contributed by atoms with Crippen LogP contribution >= 0.6 is 0 Å². The van der Waals surface area contributed by atoms with Gasteiger partial charge < -0.3 is 9.84 Å². The molecule has 1 aromatic rings. The van der Waals surface area contributed by atoms with Crippen molar-refractivity contribution in [2.75, 3.05) is 13.7 Å². The Hall–Kier alpha value is -1.35. The molecule has 76 valence electrons. The fraction of sp³-hybridized carbons (Fsp3) is 0.273. The standard InChI is InChI=1S/C11H13FO2/c1-14-11-7-9(4-2-3-5-13)6-10(12)8-11/h2,4,6-8,13H,3,5H2,1H3. The highest BCUT2D eigenvalue weighted by molar-refractivity contribution is 5.51. The predicted octanol–water partition coefficient (Wildman–Crippen LogP) is 2.23. The van der Waals surface area contributed by atoms with Gasteiger partial charge in [0.1, 0.15) is 11.6 Å². The second-order valence-electron chi connectivity index (χ2n) is 2.84. The van der Waals surface area contributed by atoms with Gasteiger partial charge in [0.25, 0.3) is 0 Å². The number of aliphatic hydroxyl groups is 1. The van der Waals surface area contributed by atoms with Gasteiger partial charge in [-0.1, -0.05) is 12.2 Å². The molecule has 0 aliphatic heterocycles. The molecular weight excluding hydrogens is 183 g/mol. The third-order valence-electron chi connectivity index (χ3n) is 1.74. The largest absolute Gasteiger partial charge is 0.497 e. The van der Waals surface area contributed by atoms with E-state index in [1.165, 1.54) is 19.2 Å². The maximum atomic E-state index is 13.0. The van der Waals surface area contributed by atoms with Crippen LogP contribution in [0.15, 0.2) is 24.3 Å². The molecule has 0 unspecified atom stereocenters. The van der Waals surface area contributed by atoms with E-state index in [-0.39, 0.29) is 12.4 Å². The quantitative estimate of drug-likeness (QED) is 0.800. The second kappa shape index (κ2) is 5.40. The Morgan fingerprint density at radius 1 is 1.43 bits per heavy atom. The van der Waals surface area contributed by atoms with Gasteiger partial charge in [0.05, 0.1) is 7.11 Å². The Morgan fingerprint density at radius 3 is 2.86 bits per heavy atom. The number of hydrogen-bond donors (Lipinski definition) is 1. The van der Waals surface area contributed by atoms with Crippen molar-refractivity contribution in [2.45, 2.75) is 6.42 Å². The van der Waals surface area contributed by atoms with Gasteiger partial charge in [-0.05, 0) is 24.1 Å². The summed E-state index contributed by atoms with van der Waals surface area (Å²) >= 11 is 0. The van der Waals surface area contributed by atoms with Crippen molar-refractivity contribution in [2.24, 2.45) is 0 Å². The zero-order valence-electron chi connectivity index (χ0n) is 8.03. The smallest absolute Gasteiger partial charge is 0.127 e. The lowest BCUT2D eigenvalue weighted by molar-refractivity contribution is 0.303. The monoisotopic (exact) mass is 196 g/mol. The van der Waals surface area contributed by atoms with E-state index in [9.17, 15) is 4.39 Å². The summed E-state index contributed by atoms with van der Waals surface area (Å²) in [6.07, 6.45) is 4.11. The summed E-state index contributed by atoms with van der Waals surface area (Å²) in [5.74, 6) is 0.168. The Morgan fingerprint density at radius 2 is 2.21 bits per heavy atom. The van der Waals surface area contributed by atoms with Crippen LogP contribution in [0, 0.1) is 5.82 Å². The molecule has 0 aromatic heterocycles. The number of benzene rings is 1. The van der Waals surface area contributed by atoms with Crippen molar-refractivity contribution in [1.29, 1.82) is 0 Å². The number of hydrogen-bond acceptors (Lipinski definition) is 2. The first-order valence-electron chi connectivity index (χ1n) is 4.38. The highest BCUT2D eigenvalue weighted by Gasteiger charge is 1.97. The van der Waals surface area contributed by atoms with E-state index >= 15 is 0 Å². The van der Waals surface area contributed by atoms with Crippen LogP contribution in [0.1, 0.15) is 12.0 Å². The third-order valence-corrected chi connectivity index (χ3v) is 1.74. The average molecular weight is 196 g/mol. The van der Waals surface area contributed by atoms with E-state index in [1.54, 1.807) is 18.2 Å². The van der Waals surface area contributed by atoms with Crippen molar-refractivity contribution in [3.05, 3.63) is 35.7 Å². The van der Waals surface area contributed by atoms with E-state index in [0.717, 1.165) is 5.56 Å². The highest BCUT2D eigenvalue weighted by atomic mass is 19.1. The van der Waals surface area contributed by atoms with Crippen molar-refractivity contribution < 1.29 is 14.2 Å². The van der Waals surface area contributed by atoms with Crippen LogP contribution < -0.4 is 4.74 Å². The number of ether oxygens (including phenoxy) is 1. The SMILES string of the molecule is COc1cc(F)cc(C=CCCO)c1. The van der Waals surface area contributed by atoms with Gasteiger partial charge in [-0.25, -0.2) is 4.39 Å². The molecule has 1 aromatic carbocycles. The molecule has 0 atom stereocenters. The number of rotatable bonds is 4. The lowest BCUT2D eigenvalue weighted by Crippen LogP contribution is -1.86. The molecule has 0 saturated heterocycles. The summed E-state index contributed by atoms with van der Waals surface area (Å²) in [5, 5.41) is 8.55. The summed E-state index contributed by atoms with van der Waals surface area (Å²) in [6, 6.07) is 4.47. The summed E-state index contributed by atoms with van der Waals surface area (Å²) in [4.78, 5) is 0. The second-order valence-corrected chi connectivity index (χ2v) is 2.84. The van der Waals surface area contributed by atoms with Crippen LogP contribution in [0.4, 0.5) is 4.39 Å². The van der Waals surface area contributed by atoms with E-state index < -0.39 is 0 Å². The van der Waals surface area contributed by atoms with Crippen LogP contribution in [0.2, 0.25) is 0 Å². The Kier molecular flexibility index (Phi) is 4.13. The summed E-state index contributed by atoms with van der Waals surface area (Å²) < 4.78 is 17.9. The van der Waals surface area contributed by atoms with Crippen LogP contribution in [-0.4, -0.2) is 18.8 Å². The van der Waals surface area contributed by atoms with Crippen LogP contribution in [0.3, 0.4) is 0 Å². The van der Waals surface area contributed by atoms with Gasteiger partial charge in [0.15, 0.2) is 0 Å². The molecule has 0 aliphatic rings. The molecule has 1 N–H and O–H groups in total. The molecule has 0 bridgehead atoms. The summed E-state index contributed by atoms with van der Waals surface area (Å²) in [6.45, 7) is 0.100. The Bertz CT molecular complexity index is 321. The van der Waals surface area contributed by atoms with Crippen LogP contribution in [0.5, 0.6) is 5.75 Å². The van der Waals surface area contributed by atoms with Crippen molar-refractivity contribution >= 4 is 6.08 Å². The fourth-order valence-corrected chi connectivity index (χ4v) is 1.09. The first kappa shape index (κ1) is 10.7. The lowest BCUT2D eigenvalue weighted by atomic mass is 10.2. The molecule has 0 spiro atoms. The number of methoxy groups -OCH3 is 1. The maximum Gasteiger partial charge on any atom is 0.127 e. The van der Waals surface area contributed by atoms with Crippen LogP contribution in [-0.2, 0) is 0 Å². The molecule has 0 fully saturated rings. The van der Waals surface area contributed by atoms with E-state index in [1.807, 2.05) is 0 Å². The van der Waals surface area contributed by atoms with Crippen molar-refractivity contribution in [3.8, 4) is 5.75 Å². The van der Waals surface area contributed by atoms with E-state index in [4.69, 9.17) is 9.84 Å². The molecule has 2 nitrogen and oxygen atoms in total. The average Bonchev–Trinajstić information content (AvgIpc) is 2.17. The summed E-state index contributed by atoms with van der Waals surface area (Å²) in [7, 11) is 1.50.